The fourth-order valence-electron chi connectivity index (χ4n) is 2.73. The van der Waals surface area contributed by atoms with Gasteiger partial charge in [0.2, 0.25) is 17.7 Å². The van der Waals surface area contributed by atoms with Crippen molar-refractivity contribution in [3.63, 3.8) is 0 Å². The van der Waals surface area contributed by atoms with E-state index in [9.17, 15) is 14.4 Å². The van der Waals surface area contributed by atoms with E-state index < -0.39 is 0 Å². The van der Waals surface area contributed by atoms with Crippen LogP contribution in [0.5, 0.6) is 0 Å². The van der Waals surface area contributed by atoms with Gasteiger partial charge < -0.3 is 15.5 Å². The monoisotopic (exact) mass is 361 g/mol. The van der Waals surface area contributed by atoms with Crippen molar-refractivity contribution >= 4 is 29.1 Å². The SMILES string of the molecule is CCCN(CCC)C(=O)CCCC(=O)Nc1cc(C)ccc1NC(C)=O. The number of anilines is 2. The molecule has 0 spiro atoms. The van der Waals surface area contributed by atoms with Crippen LogP contribution < -0.4 is 10.6 Å². The maximum absolute atomic E-state index is 12.2. The summed E-state index contributed by atoms with van der Waals surface area (Å²) in [6, 6.07) is 5.46. The third-order valence-electron chi connectivity index (χ3n) is 3.89. The molecule has 0 radical (unpaired) electrons. The number of nitrogens with zero attached hydrogens (tertiary/aromatic N) is 1. The minimum absolute atomic E-state index is 0.107. The predicted molar refractivity (Wildman–Crippen MR) is 105 cm³/mol. The lowest BCUT2D eigenvalue weighted by atomic mass is 10.1. The topological polar surface area (TPSA) is 78.5 Å². The summed E-state index contributed by atoms with van der Waals surface area (Å²) in [6.07, 6.45) is 3.03. The molecule has 6 heteroatoms. The second-order valence-corrected chi connectivity index (χ2v) is 6.51. The van der Waals surface area contributed by atoms with Crippen molar-refractivity contribution in [1.29, 1.82) is 0 Å². The lowest BCUT2D eigenvalue weighted by Crippen LogP contribution is -2.32. The number of carbonyl (C=O) groups excluding carboxylic acids is 3. The van der Waals surface area contributed by atoms with Crippen LogP contribution in [0.25, 0.3) is 0 Å². The number of aryl methyl sites for hydroxylation is 1. The highest BCUT2D eigenvalue weighted by Crippen LogP contribution is 2.23. The summed E-state index contributed by atoms with van der Waals surface area (Å²) in [5.74, 6) is -0.245. The molecule has 0 unspecified atom stereocenters. The maximum Gasteiger partial charge on any atom is 0.224 e. The molecule has 0 atom stereocenters. The molecule has 1 aromatic rings. The molecule has 0 aromatic heterocycles. The van der Waals surface area contributed by atoms with Crippen molar-refractivity contribution in [2.24, 2.45) is 0 Å². The minimum Gasteiger partial charge on any atom is -0.343 e. The van der Waals surface area contributed by atoms with E-state index in [0.29, 0.717) is 24.2 Å². The van der Waals surface area contributed by atoms with Gasteiger partial charge in [-0.1, -0.05) is 19.9 Å². The van der Waals surface area contributed by atoms with Gasteiger partial charge in [-0.25, -0.2) is 0 Å². The molecule has 0 saturated heterocycles. The van der Waals surface area contributed by atoms with Gasteiger partial charge in [-0.05, 0) is 43.9 Å². The molecule has 0 fully saturated rings. The Balaban J connectivity index is 2.55. The van der Waals surface area contributed by atoms with Crippen molar-refractivity contribution < 1.29 is 14.4 Å². The standard InChI is InChI=1S/C20H31N3O3/c1-5-12-23(13-6-2)20(26)9-7-8-19(25)22-18-14-15(3)10-11-17(18)21-16(4)24/h10-11,14H,5-9,12-13H2,1-4H3,(H,21,24)(H,22,25). The van der Waals surface area contributed by atoms with Crippen molar-refractivity contribution in [3.8, 4) is 0 Å². The van der Waals surface area contributed by atoms with E-state index in [1.54, 1.807) is 6.07 Å². The Morgan fingerprint density at radius 2 is 1.62 bits per heavy atom. The average Bonchev–Trinajstić information content (AvgIpc) is 2.56. The van der Waals surface area contributed by atoms with Crippen LogP contribution in [-0.4, -0.2) is 35.7 Å². The number of hydrogen-bond donors (Lipinski definition) is 2. The fourth-order valence-corrected chi connectivity index (χ4v) is 2.73. The molecule has 0 aliphatic carbocycles. The fraction of sp³-hybridized carbons (Fsp3) is 0.550. The molecule has 26 heavy (non-hydrogen) atoms. The summed E-state index contributed by atoms with van der Waals surface area (Å²) in [7, 11) is 0. The minimum atomic E-state index is -0.193. The van der Waals surface area contributed by atoms with Gasteiger partial charge in [-0.15, -0.1) is 0 Å². The van der Waals surface area contributed by atoms with Gasteiger partial charge in [-0.3, -0.25) is 14.4 Å². The van der Waals surface area contributed by atoms with Gasteiger partial charge in [0.25, 0.3) is 0 Å². The zero-order chi connectivity index (χ0) is 19.5. The molecule has 2 N–H and O–H groups in total. The van der Waals surface area contributed by atoms with E-state index in [1.807, 2.05) is 24.0 Å². The van der Waals surface area contributed by atoms with Gasteiger partial charge in [0.15, 0.2) is 0 Å². The maximum atomic E-state index is 12.2. The van der Waals surface area contributed by atoms with Crippen LogP contribution in [0.2, 0.25) is 0 Å². The number of benzene rings is 1. The molecule has 0 aliphatic heterocycles. The second kappa shape index (κ2) is 11.3. The zero-order valence-electron chi connectivity index (χ0n) is 16.4. The average molecular weight is 361 g/mol. The van der Waals surface area contributed by atoms with Gasteiger partial charge in [0.1, 0.15) is 0 Å². The van der Waals surface area contributed by atoms with Crippen LogP contribution in [0.3, 0.4) is 0 Å². The smallest absolute Gasteiger partial charge is 0.224 e. The molecule has 0 heterocycles. The summed E-state index contributed by atoms with van der Waals surface area (Å²) in [5, 5.41) is 5.54. The Hall–Kier alpha value is -2.37. The van der Waals surface area contributed by atoms with Gasteiger partial charge in [-0.2, -0.15) is 0 Å². The molecule has 6 nitrogen and oxygen atoms in total. The third kappa shape index (κ3) is 7.68. The molecular formula is C20H31N3O3. The van der Waals surface area contributed by atoms with E-state index in [4.69, 9.17) is 0 Å². The number of amides is 3. The summed E-state index contributed by atoms with van der Waals surface area (Å²) in [5.41, 5.74) is 2.14. The third-order valence-corrected chi connectivity index (χ3v) is 3.89. The van der Waals surface area contributed by atoms with Gasteiger partial charge in [0.05, 0.1) is 11.4 Å². The van der Waals surface area contributed by atoms with Crippen LogP contribution >= 0.6 is 0 Å². The van der Waals surface area contributed by atoms with Crippen LogP contribution in [0, 0.1) is 6.92 Å². The van der Waals surface area contributed by atoms with Gasteiger partial charge in [0, 0.05) is 32.9 Å². The second-order valence-electron chi connectivity index (χ2n) is 6.51. The lowest BCUT2D eigenvalue weighted by molar-refractivity contribution is -0.131. The summed E-state index contributed by atoms with van der Waals surface area (Å²) in [6.45, 7) is 8.98. The van der Waals surface area contributed by atoms with Crippen LogP contribution in [0.15, 0.2) is 18.2 Å². The van der Waals surface area contributed by atoms with E-state index in [1.165, 1.54) is 6.92 Å². The van der Waals surface area contributed by atoms with Gasteiger partial charge >= 0.3 is 0 Å². The zero-order valence-corrected chi connectivity index (χ0v) is 16.4. The number of hydrogen-bond acceptors (Lipinski definition) is 3. The highest BCUT2D eigenvalue weighted by molar-refractivity contribution is 5.99. The summed E-state index contributed by atoms with van der Waals surface area (Å²) in [4.78, 5) is 37.6. The van der Waals surface area contributed by atoms with Crippen LogP contribution in [0.4, 0.5) is 11.4 Å². The van der Waals surface area contributed by atoms with E-state index in [2.05, 4.69) is 24.5 Å². The summed E-state index contributed by atoms with van der Waals surface area (Å²) < 4.78 is 0. The van der Waals surface area contributed by atoms with Crippen LogP contribution in [0.1, 0.15) is 58.4 Å². The predicted octanol–water partition coefficient (Wildman–Crippen LogP) is 3.71. The van der Waals surface area contributed by atoms with Crippen molar-refractivity contribution in [2.75, 3.05) is 23.7 Å². The van der Waals surface area contributed by atoms with E-state index in [0.717, 1.165) is 31.5 Å². The first-order valence-electron chi connectivity index (χ1n) is 9.33. The Morgan fingerprint density at radius 3 is 2.19 bits per heavy atom. The van der Waals surface area contributed by atoms with Crippen molar-refractivity contribution in [3.05, 3.63) is 23.8 Å². The van der Waals surface area contributed by atoms with Crippen molar-refractivity contribution in [1.82, 2.24) is 4.90 Å². The molecule has 1 rings (SSSR count). The van der Waals surface area contributed by atoms with Crippen molar-refractivity contribution in [2.45, 2.75) is 59.8 Å². The molecular weight excluding hydrogens is 330 g/mol. The lowest BCUT2D eigenvalue weighted by Gasteiger charge is -2.21. The molecule has 3 amide bonds. The van der Waals surface area contributed by atoms with E-state index >= 15 is 0 Å². The first kappa shape index (κ1) is 21.7. The van der Waals surface area contributed by atoms with E-state index in [-0.39, 0.29) is 24.1 Å². The Kier molecular flexibility index (Phi) is 9.41. The highest BCUT2D eigenvalue weighted by atomic mass is 16.2. The molecule has 0 bridgehead atoms. The largest absolute Gasteiger partial charge is 0.343 e. The molecule has 1 aromatic carbocycles. The quantitative estimate of drug-likeness (QED) is 0.667. The highest BCUT2D eigenvalue weighted by Gasteiger charge is 2.13. The first-order valence-corrected chi connectivity index (χ1v) is 9.33. The molecule has 144 valence electrons. The summed E-state index contributed by atoms with van der Waals surface area (Å²) >= 11 is 0. The normalized spacial score (nSPS) is 10.3. The Bertz CT molecular complexity index is 623. The number of rotatable bonds is 10. The van der Waals surface area contributed by atoms with Crippen LogP contribution in [-0.2, 0) is 14.4 Å². The number of nitrogens with one attached hydrogen (secondary N) is 2. The number of carbonyl (C=O) groups is 3. The molecule has 0 saturated carbocycles. The first-order chi connectivity index (χ1) is 12.4. The Morgan fingerprint density at radius 1 is 0.962 bits per heavy atom. The Labute approximate surface area is 156 Å². The molecule has 0 aliphatic rings.